The van der Waals surface area contributed by atoms with E-state index >= 15 is 0 Å². The van der Waals surface area contributed by atoms with E-state index in [2.05, 4.69) is 13.8 Å². The molecule has 1 fully saturated rings. The standard InChI is InChI=1S/C18H20O3S2/c1-13(2)14-4-6-15(7-5-14)18(9-3-11-23(18,20)21)17-12-16(19)8-10-22-17/h4-8,10,12-13H,3,9,11H2,1-2H3. The maximum Gasteiger partial charge on any atom is 0.180 e. The molecule has 0 bridgehead atoms. The zero-order valence-corrected chi connectivity index (χ0v) is 14.9. The summed E-state index contributed by atoms with van der Waals surface area (Å²) >= 11 is 1.35. The van der Waals surface area contributed by atoms with Gasteiger partial charge in [0.2, 0.25) is 0 Å². The van der Waals surface area contributed by atoms with Crippen LogP contribution in [0.25, 0.3) is 0 Å². The highest BCUT2D eigenvalue weighted by molar-refractivity contribution is 7.93. The van der Waals surface area contributed by atoms with Gasteiger partial charge in [0, 0.05) is 10.9 Å². The van der Waals surface area contributed by atoms with Crippen LogP contribution in [0.15, 0.2) is 46.6 Å². The van der Waals surface area contributed by atoms with Crippen LogP contribution < -0.4 is 5.43 Å². The van der Waals surface area contributed by atoms with Crippen molar-refractivity contribution in [2.45, 2.75) is 37.4 Å². The quantitative estimate of drug-likeness (QED) is 0.850. The van der Waals surface area contributed by atoms with Crippen LogP contribution in [0, 0.1) is 0 Å². The molecule has 1 unspecified atom stereocenters. The number of rotatable bonds is 3. The average molecular weight is 348 g/mol. The first-order chi connectivity index (χ1) is 10.9. The minimum atomic E-state index is -3.33. The third kappa shape index (κ3) is 2.66. The Morgan fingerprint density at radius 2 is 1.83 bits per heavy atom. The van der Waals surface area contributed by atoms with Gasteiger partial charge in [-0.2, -0.15) is 0 Å². The van der Waals surface area contributed by atoms with Gasteiger partial charge in [-0.3, -0.25) is 4.79 Å². The molecule has 1 aromatic carbocycles. The maximum atomic E-state index is 12.9. The molecule has 2 aromatic rings. The van der Waals surface area contributed by atoms with Crippen molar-refractivity contribution >= 4 is 21.2 Å². The Kier molecular flexibility index (Phi) is 4.19. The summed E-state index contributed by atoms with van der Waals surface area (Å²) in [5.74, 6) is 0.572. The van der Waals surface area contributed by atoms with Crippen molar-refractivity contribution < 1.29 is 8.42 Å². The van der Waals surface area contributed by atoms with E-state index in [0.717, 1.165) is 5.56 Å². The first-order valence-electron chi connectivity index (χ1n) is 7.79. The summed E-state index contributed by atoms with van der Waals surface area (Å²) in [6.45, 7) is 4.22. The van der Waals surface area contributed by atoms with Crippen molar-refractivity contribution in [3.05, 3.63) is 68.0 Å². The van der Waals surface area contributed by atoms with Crippen molar-refractivity contribution in [2.24, 2.45) is 0 Å². The van der Waals surface area contributed by atoms with Crippen molar-refractivity contribution in [1.29, 1.82) is 0 Å². The number of sulfone groups is 1. The van der Waals surface area contributed by atoms with E-state index in [9.17, 15) is 13.2 Å². The Morgan fingerprint density at radius 3 is 2.35 bits per heavy atom. The lowest BCUT2D eigenvalue weighted by Crippen LogP contribution is -2.33. The third-order valence-electron chi connectivity index (χ3n) is 4.62. The van der Waals surface area contributed by atoms with E-state index in [1.54, 1.807) is 5.38 Å². The normalized spacial score (nSPS) is 23.3. The van der Waals surface area contributed by atoms with E-state index < -0.39 is 14.6 Å². The summed E-state index contributed by atoms with van der Waals surface area (Å²) in [7, 11) is -3.33. The minimum Gasteiger partial charge on any atom is -0.290 e. The van der Waals surface area contributed by atoms with Crippen LogP contribution >= 0.6 is 11.3 Å². The highest BCUT2D eigenvalue weighted by Crippen LogP contribution is 2.48. The molecule has 0 N–H and O–H groups in total. The fraction of sp³-hybridized carbons (Fsp3) is 0.389. The molecule has 3 nitrogen and oxygen atoms in total. The van der Waals surface area contributed by atoms with Gasteiger partial charge in [0.05, 0.1) is 5.75 Å². The van der Waals surface area contributed by atoms with Gasteiger partial charge in [0.25, 0.3) is 0 Å². The predicted molar refractivity (Wildman–Crippen MR) is 94.9 cm³/mol. The van der Waals surface area contributed by atoms with Crippen LogP contribution in [0.5, 0.6) is 0 Å². The molecule has 5 heteroatoms. The Hall–Kier alpha value is -1.46. The first kappa shape index (κ1) is 16.4. The first-order valence-corrected chi connectivity index (χ1v) is 10.3. The minimum absolute atomic E-state index is 0.140. The summed E-state index contributed by atoms with van der Waals surface area (Å²) in [5.41, 5.74) is 1.82. The Morgan fingerprint density at radius 1 is 1.13 bits per heavy atom. The average Bonchev–Trinajstić information content (AvgIpc) is 2.83. The largest absolute Gasteiger partial charge is 0.290 e. The lowest BCUT2D eigenvalue weighted by molar-refractivity contribution is 0.567. The molecular weight excluding hydrogens is 328 g/mol. The molecule has 1 aliphatic heterocycles. The second-order valence-corrected chi connectivity index (χ2v) is 9.64. The molecule has 2 heterocycles. The van der Waals surface area contributed by atoms with Gasteiger partial charge in [-0.25, -0.2) is 8.42 Å². The molecule has 1 atom stereocenters. The Bertz CT molecular complexity index is 864. The second-order valence-electron chi connectivity index (χ2n) is 6.36. The Labute approximate surface area is 140 Å². The van der Waals surface area contributed by atoms with Gasteiger partial charge >= 0.3 is 0 Å². The summed E-state index contributed by atoms with van der Waals surface area (Å²) in [6, 6.07) is 10.8. The molecule has 0 amide bonds. The highest BCUT2D eigenvalue weighted by Gasteiger charge is 2.51. The van der Waals surface area contributed by atoms with E-state index in [0.29, 0.717) is 23.6 Å². The van der Waals surface area contributed by atoms with E-state index in [4.69, 9.17) is 0 Å². The van der Waals surface area contributed by atoms with Crippen LogP contribution in [-0.4, -0.2) is 14.2 Å². The zero-order chi connectivity index (χ0) is 16.7. The SMILES string of the molecule is CC(C)c1ccc(C2(c3cc(=O)ccs3)CCCS2(=O)=O)cc1. The molecule has 23 heavy (non-hydrogen) atoms. The number of hydrogen-bond donors (Lipinski definition) is 0. The monoisotopic (exact) mass is 348 g/mol. The molecule has 3 rings (SSSR count). The van der Waals surface area contributed by atoms with Crippen LogP contribution in [-0.2, 0) is 14.6 Å². The highest BCUT2D eigenvalue weighted by atomic mass is 32.2. The van der Waals surface area contributed by atoms with Crippen LogP contribution in [0.3, 0.4) is 0 Å². The van der Waals surface area contributed by atoms with Crippen LogP contribution in [0.4, 0.5) is 0 Å². The van der Waals surface area contributed by atoms with Crippen molar-refractivity contribution in [1.82, 2.24) is 0 Å². The Balaban J connectivity index is 2.23. The summed E-state index contributed by atoms with van der Waals surface area (Å²) < 4.78 is 24.8. The summed E-state index contributed by atoms with van der Waals surface area (Å²) in [5, 5.41) is 1.69. The van der Waals surface area contributed by atoms with E-state index in [1.807, 2.05) is 24.3 Å². The van der Waals surface area contributed by atoms with Crippen molar-refractivity contribution in [2.75, 3.05) is 5.75 Å². The summed E-state index contributed by atoms with van der Waals surface area (Å²) in [6.07, 6.45) is 1.17. The maximum absolute atomic E-state index is 12.9. The lowest BCUT2D eigenvalue weighted by Gasteiger charge is -2.28. The van der Waals surface area contributed by atoms with Crippen LogP contribution in [0.1, 0.15) is 48.6 Å². The van der Waals surface area contributed by atoms with Gasteiger partial charge in [-0.15, -0.1) is 11.3 Å². The number of hydrogen-bond acceptors (Lipinski definition) is 4. The molecule has 0 aliphatic carbocycles. The van der Waals surface area contributed by atoms with Crippen molar-refractivity contribution in [3.63, 3.8) is 0 Å². The van der Waals surface area contributed by atoms with E-state index in [1.165, 1.54) is 29.0 Å². The predicted octanol–water partition coefficient (Wildman–Crippen LogP) is 3.68. The van der Waals surface area contributed by atoms with Gasteiger partial charge in [0.1, 0.15) is 4.75 Å². The lowest BCUT2D eigenvalue weighted by atomic mass is 9.90. The second kappa shape index (κ2) is 5.87. The molecule has 0 spiro atoms. The van der Waals surface area contributed by atoms with Gasteiger partial charge in [-0.05, 0) is 41.3 Å². The molecule has 1 saturated heterocycles. The van der Waals surface area contributed by atoms with Gasteiger partial charge in [0.15, 0.2) is 15.3 Å². The van der Waals surface area contributed by atoms with Crippen molar-refractivity contribution in [3.8, 4) is 0 Å². The topological polar surface area (TPSA) is 51.2 Å². The third-order valence-corrected chi connectivity index (χ3v) is 8.28. The molecule has 122 valence electrons. The number of benzene rings is 1. The molecular formula is C18H20O3S2. The fourth-order valence-electron chi connectivity index (χ4n) is 3.32. The molecule has 1 aliphatic rings. The molecule has 0 saturated carbocycles. The van der Waals surface area contributed by atoms with Gasteiger partial charge in [-0.1, -0.05) is 38.1 Å². The smallest absolute Gasteiger partial charge is 0.180 e. The van der Waals surface area contributed by atoms with E-state index in [-0.39, 0.29) is 11.2 Å². The summed E-state index contributed by atoms with van der Waals surface area (Å²) in [4.78, 5) is 12.4. The molecule has 0 radical (unpaired) electrons. The van der Waals surface area contributed by atoms with Crippen LogP contribution in [0.2, 0.25) is 0 Å². The fourth-order valence-corrected chi connectivity index (χ4v) is 6.98. The molecule has 1 aromatic heterocycles. The zero-order valence-electron chi connectivity index (χ0n) is 13.3. The van der Waals surface area contributed by atoms with Gasteiger partial charge < -0.3 is 0 Å².